The predicted molar refractivity (Wildman–Crippen MR) is 62.1 cm³/mol. The van der Waals surface area contributed by atoms with Crippen molar-refractivity contribution in [3.63, 3.8) is 0 Å². The van der Waals surface area contributed by atoms with Gasteiger partial charge >= 0.3 is 0 Å². The van der Waals surface area contributed by atoms with E-state index in [0.29, 0.717) is 17.9 Å². The number of nitrogens with zero attached hydrogens (tertiary/aromatic N) is 1. The first-order valence-corrected chi connectivity index (χ1v) is 5.21. The van der Waals surface area contributed by atoms with Crippen molar-refractivity contribution < 1.29 is 14.2 Å². The van der Waals surface area contributed by atoms with Crippen molar-refractivity contribution >= 4 is 5.69 Å². The molecule has 16 heavy (non-hydrogen) atoms. The van der Waals surface area contributed by atoms with Crippen LogP contribution in [0.25, 0.3) is 0 Å². The molecular formula is C12H18FNO2. The second-order valence-corrected chi connectivity index (χ2v) is 3.86. The van der Waals surface area contributed by atoms with Crippen LogP contribution >= 0.6 is 0 Å². The second-order valence-electron chi connectivity index (χ2n) is 3.86. The third-order valence-corrected chi connectivity index (χ3v) is 2.64. The highest BCUT2D eigenvalue weighted by atomic mass is 19.1. The maximum absolute atomic E-state index is 13.7. The lowest BCUT2D eigenvalue weighted by molar-refractivity contribution is 0.183. The summed E-state index contributed by atoms with van der Waals surface area (Å²) in [4.78, 5) is 1.82. The Bertz CT molecular complexity index is 344. The van der Waals surface area contributed by atoms with Gasteiger partial charge in [-0.25, -0.2) is 4.39 Å². The second kappa shape index (κ2) is 5.82. The Morgan fingerprint density at radius 3 is 2.69 bits per heavy atom. The minimum Gasteiger partial charge on any atom is -0.392 e. The number of benzene rings is 1. The fourth-order valence-electron chi connectivity index (χ4n) is 1.53. The average molecular weight is 227 g/mol. The Labute approximate surface area is 95.5 Å². The van der Waals surface area contributed by atoms with E-state index in [1.807, 2.05) is 18.9 Å². The van der Waals surface area contributed by atoms with Crippen LogP contribution in [0.1, 0.15) is 12.5 Å². The summed E-state index contributed by atoms with van der Waals surface area (Å²) < 4.78 is 18.7. The van der Waals surface area contributed by atoms with Crippen molar-refractivity contribution in [2.24, 2.45) is 0 Å². The summed E-state index contributed by atoms with van der Waals surface area (Å²) in [5.41, 5.74) is 1.09. The van der Waals surface area contributed by atoms with E-state index in [2.05, 4.69) is 0 Å². The van der Waals surface area contributed by atoms with Crippen molar-refractivity contribution in [1.29, 1.82) is 0 Å². The highest BCUT2D eigenvalue weighted by Crippen LogP contribution is 2.21. The zero-order chi connectivity index (χ0) is 12.1. The molecule has 0 aromatic heterocycles. The third-order valence-electron chi connectivity index (χ3n) is 2.64. The molecule has 0 bridgehead atoms. The van der Waals surface area contributed by atoms with Gasteiger partial charge in [0.2, 0.25) is 0 Å². The molecule has 90 valence electrons. The molecule has 3 nitrogen and oxygen atoms in total. The molecule has 0 aliphatic heterocycles. The topological polar surface area (TPSA) is 32.7 Å². The van der Waals surface area contributed by atoms with Gasteiger partial charge in [-0.2, -0.15) is 0 Å². The number of hydrogen-bond donors (Lipinski definition) is 1. The van der Waals surface area contributed by atoms with Crippen LogP contribution in [0.15, 0.2) is 18.2 Å². The van der Waals surface area contributed by atoms with Gasteiger partial charge < -0.3 is 14.7 Å². The number of hydrogen-bond acceptors (Lipinski definition) is 3. The smallest absolute Gasteiger partial charge is 0.146 e. The molecule has 0 radical (unpaired) electrons. The van der Waals surface area contributed by atoms with E-state index < -0.39 is 0 Å². The number of rotatable bonds is 5. The lowest BCUT2D eigenvalue weighted by Gasteiger charge is -2.26. The number of halogens is 1. The fraction of sp³-hybridized carbons (Fsp3) is 0.500. The predicted octanol–water partition coefficient (Wildman–Crippen LogP) is 1.79. The normalized spacial score (nSPS) is 12.6. The summed E-state index contributed by atoms with van der Waals surface area (Å²) in [7, 11) is 3.44. The molecule has 1 atom stereocenters. The molecule has 4 heteroatoms. The van der Waals surface area contributed by atoms with Crippen LogP contribution in [0.3, 0.4) is 0 Å². The van der Waals surface area contributed by atoms with Crippen molar-refractivity contribution in [2.45, 2.75) is 19.6 Å². The SMILES string of the molecule is COCC(C)N(C)c1ccc(CO)cc1F. The van der Waals surface area contributed by atoms with Crippen LogP contribution in [0.2, 0.25) is 0 Å². The Kier molecular flexibility index (Phi) is 4.71. The molecule has 1 aromatic carbocycles. The van der Waals surface area contributed by atoms with Crippen LogP contribution < -0.4 is 4.90 Å². The number of ether oxygens (including phenoxy) is 1. The Morgan fingerprint density at radius 1 is 1.50 bits per heavy atom. The van der Waals surface area contributed by atoms with E-state index in [1.165, 1.54) is 6.07 Å². The molecule has 0 aliphatic rings. The number of aliphatic hydroxyl groups excluding tert-OH is 1. The van der Waals surface area contributed by atoms with Crippen molar-refractivity contribution in [3.8, 4) is 0 Å². The summed E-state index contributed by atoms with van der Waals surface area (Å²) in [6, 6.07) is 4.84. The Balaban J connectivity index is 2.87. The number of aliphatic hydroxyl groups is 1. The van der Waals surface area contributed by atoms with Crippen LogP contribution in [-0.2, 0) is 11.3 Å². The first-order valence-electron chi connectivity index (χ1n) is 5.21. The number of likely N-dealkylation sites (N-methyl/N-ethyl adjacent to an activating group) is 1. The van der Waals surface area contributed by atoms with Crippen LogP contribution in [-0.4, -0.2) is 31.9 Å². The van der Waals surface area contributed by atoms with Gasteiger partial charge in [-0.15, -0.1) is 0 Å². The summed E-state index contributed by atoms with van der Waals surface area (Å²) >= 11 is 0. The van der Waals surface area contributed by atoms with Gasteiger partial charge in [-0.1, -0.05) is 6.07 Å². The first-order chi connectivity index (χ1) is 7.60. The lowest BCUT2D eigenvalue weighted by Crippen LogP contribution is -2.33. The van der Waals surface area contributed by atoms with Crippen molar-refractivity contribution in [1.82, 2.24) is 0 Å². The monoisotopic (exact) mass is 227 g/mol. The standard InChI is InChI=1S/C12H18FNO2/c1-9(8-16-3)14(2)12-5-4-10(7-15)6-11(12)13/h4-6,9,15H,7-8H2,1-3H3. The van der Waals surface area contributed by atoms with Crippen LogP contribution in [0, 0.1) is 5.82 Å². The Hall–Kier alpha value is -1.13. The average Bonchev–Trinajstić information content (AvgIpc) is 2.28. The van der Waals surface area contributed by atoms with Gasteiger partial charge in [0, 0.05) is 20.2 Å². The lowest BCUT2D eigenvalue weighted by atomic mass is 10.1. The quantitative estimate of drug-likeness (QED) is 0.832. The molecule has 0 heterocycles. The van der Waals surface area contributed by atoms with Crippen molar-refractivity contribution in [2.75, 3.05) is 25.7 Å². The van der Waals surface area contributed by atoms with E-state index in [0.717, 1.165) is 0 Å². The van der Waals surface area contributed by atoms with Gasteiger partial charge in [-0.3, -0.25) is 0 Å². The summed E-state index contributed by atoms with van der Waals surface area (Å²) in [6.07, 6.45) is 0. The van der Waals surface area contributed by atoms with E-state index >= 15 is 0 Å². The van der Waals surface area contributed by atoms with Crippen molar-refractivity contribution in [3.05, 3.63) is 29.6 Å². The van der Waals surface area contributed by atoms with Crippen LogP contribution in [0.4, 0.5) is 10.1 Å². The zero-order valence-electron chi connectivity index (χ0n) is 9.90. The maximum Gasteiger partial charge on any atom is 0.146 e. The first kappa shape index (κ1) is 12.9. The highest BCUT2D eigenvalue weighted by molar-refractivity contribution is 5.49. The molecule has 1 unspecified atom stereocenters. The molecule has 1 aromatic rings. The van der Waals surface area contributed by atoms with E-state index in [4.69, 9.17) is 9.84 Å². The maximum atomic E-state index is 13.7. The molecular weight excluding hydrogens is 209 g/mol. The van der Waals surface area contributed by atoms with E-state index in [1.54, 1.807) is 19.2 Å². The summed E-state index contributed by atoms with van der Waals surface area (Å²) in [5, 5.41) is 8.88. The van der Waals surface area contributed by atoms with E-state index in [-0.39, 0.29) is 18.5 Å². The van der Waals surface area contributed by atoms with Gasteiger partial charge in [0.1, 0.15) is 5.82 Å². The molecule has 0 spiro atoms. The zero-order valence-corrected chi connectivity index (χ0v) is 9.90. The third kappa shape index (κ3) is 2.93. The largest absolute Gasteiger partial charge is 0.392 e. The molecule has 0 fully saturated rings. The van der Waals surface area contributed by atoms with Crippen LogP contribution in [0.5, 0.6) is 0 Å². The number of anilines is 1. The molecule has 0 saturated heterocycles. The molecule has 1 N–H and O–H groups in total. The molecule has 0 aliphatic carbocycles. The molecule has 0 saturated carbocycles. The minimum absolute atomic E-state index is 0.0967. The van der Waals surface area contributed by atoms with Gasteiger partial charge in [0.25, 0.3) is 0 Å². The fourth-order valence-corrected chi connectivity index (χ4v) is 1.53. The van der Waals surface area contributed by atoms with Gasteiger partial charge in [0.05, 0.1) is 18.9 Å². The van der Waals surface area contributed by atoms with Gasteiger partial charge in [-0.05, 0) is 24.6 Å². The Morgan fingerprint density at radius 2 is 2.19 bits per heavy atom. The summed E-state index contributed by atoms with van der Waals surface area (Å²) in [5.74, 6) is -0.322. The minimum atomic E-state index is -0.322. The number of methoxy groups -OCH3 is 1. The summed E-state index contributed by atoms with van der Waals surface area (Å²) in [6.45, 7) is 2.36. The highest BCUT2D eigenvalue weighted by Gasteiger charge is 2.13. The molecule has 0 amide bonds. The van der Waals surface area contributed by atoms with Gasteiger partial charge in [0.15, 0.2) is 0 Å². The molecule has 1 rings (SSSR count). The van der Waals surface area contributed by atoms with E-state index in [9.17, 15) is 4.39 Å².